The van der Waals surface area contributed by atoms with Gasteiger partial charge in [0, 0.05) is 36.1 Å². The third-order valence-corrected chi connectivity index (χ3v) is 6.80. The van der Waals surface area contributed by atoms with Crippen LogP contribution in [0.1, 0.15) is 11.3 Å². The highest BCUT2D eigenvalue weighted by Crippen LogP contribution is 2.33. The molecule has 0 amide bonds. The molecule has 0 saturated heterocycles. The summed E-state index contributed by atoms with van der Waals surface area (Å²) in [6.07, 6.45) is 0.536. The fourth-order valence-electron chi connectivity index (χ4n) is 3.33. The molecule has 1 aliphatic rings. The van der Waals surface area contributed by atoms with Crippen molar-refractivity contribution >= 4 is 32.5 Å². The van der Waals surface area contributed by atoms with Crippen LogP contribution in [-0.4, -0.2) is 31.4 Å². The molecule has 1 N–H and O–H groups in total. The molecule has 0 radical (unpaired) electrons. The van der Waals surface area contributed by atoms with Crippen LogP contribution in [0, 0.1) is 5.82 Å². The van der Waals surface area contributed by atoms with Crippen LogP contribution in [0.2, 0.25) is 5.02 Å². The highest BCUT2D eigenvalue weighted by Gasteiger charge is 2.30. The minimum absolute atomic E-state index is 0.123. The second-order valence-electron chi connectivity index (χ2n) is 6.16. The molecular formula is C18H16ClFN2O3S. The highest BCUT2D eigenvalue weighted by molar-refractivity contribution is 7.89. The summed E-state index contributed by atoms with van der Waals surface area (Å²) in [5.41, 5.74) is 2.51. The van der Waals surface area contributed by atoms with Crippen LogP contribution in [0.5, 0.6) is 5.75 Å². The normalized spacial score (nSPS) is 15.2. The number of ether oxygens (including phenoxy) is 1. The maximum Gasteiger partial charge on any atom is 0.243 e. The maximum atomic E-state index is 13.4. The number of methoxy groups -OCH3 is 1. The third-order valence-electron chi connectivity index (χ3n) is 4.66. The summed E-state index contributed by atoms with van der Waals surface area (Å²) in [7, 11) is -2.23. The number of fused-ring (bicyclic) bond motifs is 3. The summed E-state index contributed by atoms with van der Waals surface area (Å²) in [4.78, 5) is 3.32. The molecule has 0 aliphatic carbocycles. The lowest BCUT2D eigenvalue weighted by atomic mass is 10.1. The van der Waals surface area contributed by atoms with Gasteiger partial charge in [-0.15, -0.1) is 0 Å². The maximum absolute atomic E-state index is 13.4. The Bertz CT molecular complexity index is 1110. The van der Waals surface area contributed by atoms with E-state index in [4.69, 9.17) is 16.3 Å². The Hall–Kier alpha value is -2.09. The molecule has 0 atom stereocenters. The summed E-state index contributed by atoms with van der Waals surface area (Å²) < 4.78 is 46.0. The molecule has 3 aromatic rings. The average Bonchev–Trinajstić information content (AvgIpc) is 2.98. The topological polar surface area (TPSA) is 62.4 Å². The predicted molar refractivity (Wildman–Crippen MR) is 97.6 cm³/mol. The van der Waals surface area contributed by atoms with Crippen molar-refractivity contribution in [3.8, 4) is 5.75 Å². The number of benzene rings is 2. The summed E-state index contributed by atoms with van der Waals surface area (Å²) >= 11 is 6.08. The van der Waals surface area contributed by atoms with E-state index in [9.17, 15) is 12.8 Å². The second-order valence-corrected chi connectivity index (χ2v) is 8.50. The largest absolute Gasteiger partial charge is 0.495 e. The van der Waals surface area contributed by atoms with Crippen LogP contribution in [0.25, 0.3) is 10.9 Å². The average molecular weight is 395 g/mol. The number of halogens is 2. The highest BCUT2D eigenvalue weighted by atomic mass is 35.5. The lowest BCUT2D eigenvalue weighted by molar-refractivity contribution is 0.391. The molecular weight excluding hydrogens is 379 g/mol. The first-order chi connectivity index (χ1) is 12.4. The van der Waals surface area contributed by atoms with Gasteiger partial charge >= 0.3 is 0 Å². The molecule has 4 rings (SSSR count). The van der Waals surface area contributed by atoms with Gasteiger partial charge in [0.05, 0.1) is 17.0 Å². The number of sulfonamides is 1. The molecule has 2 aromatic carbocycles. The number of rotatable bonds is 3. The van der Waals surface area contributed by atoms with Gasteiger partial charge < -0.3 is 9.72 Å². The van der Waals surface area contributed by atoms with Crippen molar-refractivity contribution in [2.75, 3.05) is 13.7 Å². The van der Waals surface area contributed by atoms with Crippen molar-refractivity contribution < 1.29 is 17.5 Å². The van der Waals surface area contributed by atoms with E-state index in [0.717, 1.165) is 16.6 Å². The SMILES string of the molecule is COc1ccc(S(=O)(=O)N2CCc3[nH]c4cc(F)ccc4c3C2)cc1Cl. The van der Waals surface area contributed by atoms with Gasteiger partial charge in [-0.3, -0.25) is 0 Å². The molecule has 0 spiro atoms. The summed E-state index contributed by atoms with van der Waals surface area (Å²) in [6, 6.07) is 8.92. The Labute approximate surface area is 155 Å². The zero-order valence-corrected chi connectivity index (χ0v) is 15.5. The van der Waals surface area contributed by atoms with Crippen molar-refractivity contribution in [2.24, 2.45) is 0 Å². The Morgan fingerprint density at radius 2 is 2.04 bits per heavy atom. The summed E-state index contributed by atoms with van der Waals surface area (Å²) in [5.74, 6) is 0.0960. The molecule has 0 unspecified atom stereocenters. The van der Waals surface area contributed by atoms with Crippen molar-refractivity contribution in [2.45, 2.75) is 17.9 Å². The lowest BCUT2D eigenvalue weighted by Gasteiger charge is -2.26. The van der Waals surface area contributed by atoms with E-state index in [1.165, 1.54) is 35.7 Å². The van der Waals surface area contributed by atoms with E-state index in [1.54, 1.807) is 12.1 Å². The van der Waals surface area contributed by atoms with Gasteiger partial charge in [-0.1, -0.05) is 11.6 Å². The minimum atomic E-state index is -3.70. The lowest BCUT2D eigenvalue weighted by Crippen LogP contribution is -2.35. The van der Waals surface area contributed by atoms with Gasteiger partial charge in [-0.05, 0) is 42.0 Å². The fraction of sp³-hybridized carbons (Fsp3) is 0.222. The number of nitrogens with zero attached hydrogens (tertiary/aromatic N) is 1. The summed E-state index contributed by atoms with van der Waals surface area (Å²) in [5, 5.41) is 1.09. The molecule has 8 heteroatoms. The second kappa shape index (κ2) is 6.26. The van der Waals surface area contributed by atoms with Crippen molar-refractivity contribution in [1.29, 1.82) is 0 Å². The summed E-state index contributed by atoms with van der Waals surface area (Å²) in [6.45, 7) is 0.571. The van der Waals surface area contributed by atoms with Gasteiger partial charge in [-0.2, -0.15) is 4.31 Å². The molecule has 26 heavy (non-hydrogen) atoms. The fourth-order valence-corrected chi connectivity index (χ4v) is 5.09. The first-order valence-corrected chi connectivity index (χ1v) is 9.84. The van der Waals surface area contributed by atoms with Gasteiger partial charge in [0.25, 0.3) is 0 Å². The van der Waals surface area contributed by atoms with Crippen molar-refractivity contribution in [3.63, 3.8) is 0 Å². The molecule has 0 bridgehead atoms. The Kier molecular flexibility index (Phi) is 4.17. The minimum Gasteiger partial charge on any atom is -0.495 e. The smallest absolute Gasteiger partial charge is 0.243 e. The van der Waals surface area contributed by atoms with E-state index in [-0.39, 0.29) is 22.3 Å². The van der Waals surface area contributed by atoms with E-state index < -0.39 is 10.0 Å². The van der Waals surface area contributed by atoms with E-state index >= 15 is 0 Å². The molecule has 1 aromatic heterocycles. The van der Waals surface area contributed by atoms with Gasteiger partial charge in [-0.25, -0.2) is 12.8 Å². The zero-order chi connectivity index (χ0) is 18.5. The number of aromatic nitrogens is 1. The molecule has 1 aliphatic heterocycles. The molecule has 0 fully saturated rings. The Morgan fingerprint density at radius 1 is 1.23 bits per heavy atom. The Balaban J connectivity index is 1.71. The number of hydrogen-bond donors (Lipinski definition) is 1. The molecule has 5 nitrogen and oxygen atoms in total. The first kappa shape index (κ1) is 17.3. The first-order valence-electron chi connectivity index (χ1n) is 8.03. The Morgan fingerprint density at radius 3 is 2.77 bits per heavy atom. The standard InChI is InChI=1S/C18H16ClFN2O3S/c1-25-18-5-3-12(9-15(18)19)26(23,24)22-7-6-16-14(10-22)13-4-2-11(20)8-17(13)21-16/h2-5,8-9,21H,6-7,10H2,1H3. The number of hydrogen-bond acceptors (Lipinski definition) is 3. The van der Waals surface area contributed by atoms with Crippen molar-refractivity contribution in [1.82, 2.24) is 9.29 Å². The van der Waals surface area contributed by atoms with Crippen LogP contribution in [0.15, 0.2) is 41.3 Å². The number of aromatic amines is 1. The van der Waals surface area contributed by atoms with Crippen LogP contribution in [0.3, 0.4) is 0 Å². The van der Waals surface area contributed by atoms with E-state index in [0.29, 0.717) is 24.2 Å². The van der Waals surface area contributed by atoms with Crippen LogP contribution >= 0.6 is 11.6 Å². The van der Waals surface area contributed by atoms with E-state index in [1.807, 2.05) is 0 Å². The van der Waals surface area contributed by atoms with Gasteiger partial charge in [0.15, 0.2) is 0 Å². The van der Waals surface area contributed by atoms with E-state index in [2.05, 4.69) is 4.98 Å². The monoisotopic (exact) mass is 394 g/mol. The molecule has 0 saturated carbocycles. The molecule has 2 heterocycles. The number of nitrogens with one attached hydrogen (secondary N) is 1. The molecule has 136 valence electrons. The predicted octanol–water partition coefficient (Wildman–Crippen LogP) is 3.72. The van der Waals surface area contributed by atoms with Crippen molar-refractivity contribution in [3.05, 3.63) is 58.5 Å². The van der Waals surface area contributed by atoms with Gasteiger partial charge in [0.1, 0.15) is 11.6 Å². The van der Waals surface area contributed by atoms with Crippen LogP contribution < -0.4 is 4.74 Å². The van der Waals surface area contributed by atoms with Crippen LogP contribution in [0.4, 0.5) is 4.39 Å². The number of H-pyrrole nitrogens is 1. The quantitative estimate of drug-likeness (QED) is 0.736. The van der Waals surface area contributed by atoms with Crippen LogP contribution in [-0.2, 0) is 23.0 Å². The zero-order valence-electron chi connectivity index (χ0n) is 13.9. The van der Waals surface area contributed by atoms with Gasteiger partial charge in [0.2, 0.25) is 10.0 Å². The third kappa shape index (κ3) is 2.76.